The van der Waals surface area contributed by atoms with Crippen LogP contribution in [0.1, 0.15) is 50.2 Å². The van der Waals surface area contributed by atoms with E-state index < -0.39 is 24.0 Å². The zero-order valence-corrected chi connectivity index (χ0v) is 20.9. The summed E-state index contributed by atoms with van der Waals surface area (Å²) in [4.78, 5) is 39.1. The zero-order chi connectivity index (χ0) is 24.9. The molecule has 8 heteroatoms. The molecule has 0 saturated carbocycles. The predicted molar refractivity (Wildman–Crippen MR) is 136 cm³/mol. The molecule has 2 N–H and O–H groups in total. The summed E-state index contributed by atoms with van der Waals surface area (Å²) in [5.74, 6) is -1.35. The third kappa shape index (κ3) is 5.17. The Balaban J connectivity index is 1.36. The molecular formula is C27H32N2O5S. The molecule has 3 atom stereocenters. The van der Waals surface area contributed by atoms with Gasteiger partial charge in [0, 0.05) is 18.2 Å². The molecule has 1 aliphatic heterocycles. The van der Waals surface area contributed by atoms with Crippen molar-refractivity contribution in [2.75, 3.05) is 18.9 Å². The summed E-state index contributed by atoms with van der Waals surface area (Å²) in [5.41, 5.74) is 4.59. The van der Waals surface area contributed by atoms with Crippen molar-refractivity contribution in [1.29, 1.82) is 0 Å². The van der Waals surface area contributed by atoms with Gasteiger partial charge in [0.15, 0.2) is 0 Å². The fraction of sp³-hybridized carbons (Fsp3) is 0.444. The standard InChI is InChI=1S/C27H32N2O5S/c1-3-9-24-29(23(16-35-24)26(31)32)25(30)17(4-2)14-28-27(33)34-15-22-20-12-7-5-10-18(20)19-11-6-8-13-21(19)22/h5-8,10-13,17,22-24H,3-4,9,14-16H2,1-2H3,(H,28,33)(H,31,32). The van der Waals surface area contributed by atoms with Gasteiger partial charge in [-0.25, -0.2) is 9.59 Å². The van der Waals surface area contributed by atoms with E-state index in [4.69, 9.17) is 4.74 Å². The second kappa shape index (κ2) is 11.2. The molecule has 7 nitrogen and oxygen atoms in total. The highest BCUT2D eigenvalue weighted by molar-refractivity contribution is 8.00. The third-order valence-electron chi connectivity index (χ3n) is 6.85. The highest BCUT2D eigenvalue weighted by Gasteiger charge is 2.43. The lowest BCUT2D eigenvalue weighted by molar-refractivity contribution is -0.151. The lowest BCUT2D eigenvalue weighted by atomic mass is 9.98. The van der Waals surface area contributed by atoms with Gasteiger partial charge in [0.25, 0.3) is 0 Å². The fourth-order valence-corrected chi connectivity index (χ4v) is 6.51. The Morgan fingerprint density at radius 1 is 1.09 bits per heavy atom. The zero-order valence-electron chi connectivity index (χ0n) is 20.1. The van der Waals surface area contributed by atoms with E-state index in [1.165, 1.54) is 16.7 Å². The van der Waals surface area contributed by atoms with Crippen LogP contribution in [0, 0.1) is 5.92 Å². The van der Waals surface area contributed by atoms with Gasteiger partial charge in [-0.05, 0) is 35.1 Å². The number of thioether (sulfide) groups is 1. The maximum atomic E-state index is 13.3. The van der Waals surface area contributed by atoms with Gasteiger partial charge in [0.2, 0.25) is 5.91 Å². The normalized spacial score (nSPS) is 19.7. The number of fused-ring (bicyclic) bond motifs is 3. The van der Waals surface area contributed by atoms with Gasteiger partial charge in [-0.2, -0.15) is 0 Å². The van der Waals surface area contributed by atoms with Crippen molar-refractivity contribution in [3.63, 3.8) is 0 Å². The van der Waals surface area contributed by atoms with Crippen LogP contribution >= 0.6 is 11.8 Å². The molecule has 2 aromatic rings. The molecule has 2 amide bonds. The Morgan fingerprint density at radius 3 is 2.29 bits per heavy atom. The lowest BCUT2D eigenvalue weighted by Crippen LogP contribution is -2.50. The first kappa shape index (κ1) is 25.1. The molecule has 2 aromatic carbocycles. The number of carbonyl (C=O) groups is 3. The first-order valence-electron chi connectivity index (χ1n) is 12.2. The van der Waals surface area contributed by atoms with Crippen LogP contribution in [0.2, 0.25) is 0 Å². The van der Waals surface area contributed by atoms with Crippen molar-refractivity contribution in [3.8, 4) is 11.1 Å². The molecule has 1 fully saturated rings. The van der Waals surface area contributed by atoms with Gasteiger partial charge in [0.05, 0.1) is 11.3 Å². The fourth-order valence-electron chi connectivity index (χ4n) is 4.99. The number of aliphatic carboxylic acids is 1. The first-order chi connectivity index (χ1) is 17.0. The average molecular weight is 497 g/mol. The Kier molecular flexibility index (Phi) is 8.00. The van der Waals surface area contributed by atoms with Crippen molar-refractivity contribution in [2.45, 2.75) is 50.4 Å². The number of hydrogen-bond acceptors (Lipinski definition) is 5. The molecule has 0 spiro atoms. The molecule has 2 aliphatic rings. The number of alkyl carbamates (subject to hydrolysis) is 1. The molecule has 1 saturated heterocycles. The number of nitrogens with one attached hydrogen (secondary N) is 1. The number of carboxylic acid groups (broad SMARTS) is 1. The molecule has 1 aliphatic carbocycles. The number of hydrogen-bond donors (Lipinski definition) is 2. The van der Waals surface area contributed by atoms with E-state index in [-0.39, 0.29) is 30.4 Å². The van der Waals surface area contributed by atoms with Crippen LogP contribution in [0.3, 0.4) is 0 Å². The summed E-state index contributed by atoms with van der Waals surface area (Å²) < 4.78 is 5.59. The summed E-state index contributed by atoms with van der Waals surface area (Å²) in [6, 6.07) is 15.5. The topological polar surface area (TPSA) is 95.9 Å². The third-order valence-corrected chi connectivity index (χ3v) is 8.20. The van der Waals surface area contributed by atoms with E-state index in [0.717, 1.165) is 35.1 Å². The van der Waals surface area contributed by atoms with Crippen molar-refractivity contribution in [2.24, 2.45) is 5.92 Å². The highest BCUT2D eigenvalue weighted by atomic mass is 32.2. The van der Waals surface area contributed by atoms with Crippen molar-refractivity contribution >= 4 is 29.7 Å². The Bertz CT molecular complexity index is 1050. The van der Waals surface area contributed by atoms with Crippen LogP contribution in [0.4, 0.5) is 4.79 Å². The molecular weight excluding hydrogens is 464 g/mol. The van der Waals surface area contributed by atoms with Crippen LogP contribution in [0.15, 0.2) is 48.5 Å². The van der Waals surface area contributed by atoms with Crippen LogP contribution in [-0.2, 0) is 14.3 Å². The number of amides is 2. The van der Waals surface area contributed by atoms with Crippen molar-refractivity contribution in [1.82, 2.24) is 10.2 Å². The summed E-state index contributed by atoms with van der Waals surface area (Å²) in [6.07, 6.45) is 1.53. The van der Waals surface area contributed by atoms with Crippen molar-refractivity contribution in [3.05, 3.63) is 59.7 Å². The Morgan fingerprint density at radius 2 is 1.71 bits per heavy atom. The quantitative estimate of drug-likeness (QED) is 0.522. The first-order valence-corrected chi connectivity index (χ1v) is 13.3. The van der Waals surface area contributed by atoms with E-state index in [1.807, 2.05) is 38.1 Å². The number of nitrogens with zero attached hydrogens (tertiary/aromatic N) is 1. The number of carboxylic acids is 1. The molecule has 186 valence electrons. The predicted octanol–water partition coefficient (Wildman–Crippen LogP) is 4.71. The molecule has 4 rings (SSSR count). The SMILES string of the molecule is CCCC1SCC(C(=O)O)N1C(=O)C(CC)CNC(=O)OCC1c2ccccc2-c2ccccc21. The summed E-state index contributed by atoms with van der Waals surface area (Å²) in [5, 5.41) is 12.2. The highest BCUT2D eigenvalue weighted by Crippen LogP contribution is 2.44. The van der Waals surface area contributed by atoms with E-state index in [9.17, 15) is 19.5 Å². The van der Waals surface area contributed by atoms with E-state index >= 15 is 0 Å². The Hall–Kier alpha value is -3.00. The minimum absolute atomic E-state index is 0.0375. The largest absolute Gasteiger partial charge is 0.480 e. The van der Waals surface area contributed by atoms with Gasteiger partial charge >= 0.3 is 12.1 Å². The lowest BCUT2D eigenvalue weighted by Gasteiger charge is -2.30. The summed E-state index contributed by atoms with van der Waals surface area (Å²) in [7, 11) is 0. The number of rotatable bonds is 9. The average Bonchev–Trinajstić information content (AvgIpc) is 3.43. The number of ether oxygens (including phenoxy) is 1. The second-order valence-corrected chi connectivity index (χ2v) is 10.2. The summed E-state index contributed by atoms with van der Waals surface area (Å²) in [6.45, 7) is 4.20. The maximum absolute atomic E-state index is 13.3. The van der Waals surface area contributed by atoms with Crippen LogP contribution in [-0.4, -0.2) is 58.3 Å². The minimum atomic E-state index is -0.983. The van der Waals surface area contributed by atoms with Crippen LogP contribution in [0.25, 0.3) is 11.1 Å². The smallest absolute Gasteiger partial charge is 0.407 e. The van der Waals surface area contributed by atoms with Gasteiger partial charge in [-0.1, -0.05) is 68.8 Å². The van der Waals surface area contributed by atoms with Crippen molar-refractivity contribution < 1.29 is 24.2 Å². The summed E-state index contributed by atoms with van der Waals surface area (Å²) >= 11 is 1.52. The van der Waals surface area contributed by atoms with Gasteiger partial charge in [-0.3, -0.25) is 4.79 Å². The second-order valence-electron chi connectivity index (χ2n) is 8.99. The van der Waals surface area contributed by atoms with E-state index in [2.05, 4.69) is 29.6 Å². The molecule has 0 aromatic heterocycles. The molecule has 0 bridgehead atoms. The molecule has 0 radical (unpaired) electrons. The molecule has 3 unspecified atom stereocenters. The van der Waals surface area contributed by atoms with E-state index in [1.54, 1.807) is 0 Å². The molecule has 1 heterocycles. The molecule has 35 heavy (non-hydrogen) atoms. The monoisotopic (exact) mass is 496 g/mol. The number of carbonyl (C=O) groups excluding carboxylic acids is 2. The van der Waals surface area contributed by atoms with Gasteiger partial charge in [0.1, 0.15) is 12.6 Å². The number of benzene rings is 2. The van der Waals surface area contributed by atoms with Crippen LogP contribution < -0.4 is 5.32 Å². The van der Waals surface area contributed by atoms with Gasteiger partial charge < -0.3 is 20.1 Å². The van der Waals surface area contributed by atoms with E-state index in [0.29, 0.717) is 12.2 Å². The maximum Gasteiger partial charge on any atom is 0.407 e. The minimum Gasteiger partial charge on any atom is -0.480 e. The van der Waals surface area contributed by atoms with Gasteiger partial charge in [-0.15, -0.1) is 11.8 Å². The Labute approximate surface area is 210 Å². The van der Waals surface area contributed by atoms with Crippen LogP contribution in [0.5, 0.6) is 0 Å².